The molecule has 0 spiro atoms. The van der Waals surface area contributed by atoms with Crippen molar-refractivity contribution in [3.05, 3.63) is 52.8 Å². The van der Waals surface area contributed by atoms with Gasteiger partial charge in [0.25, 0.3) is 0 Å². The fourth-order valence-corrected chi connectivity index (χ4v) is 3.42. The summed E-state index contributed by atoms with van der Waals surface area (Å²) in [6.07, 6.45) is 4.90. The van der Waals surface area contributed by atoms with Gasteiger partial charge in [-0.15, -0.1) is 0 Å². The first-order valence-corrected chi connectivity index (χ1v) is 9.92. The summed E-state index contributed by atoms with van der Waals surface area (Å²) in [5.41, 5.74) is 2.48. The molecule has 1 unspecified atom stereocenters. The van der Waals surface area contributed by atoms with Crippen LogP contribution < -0.4 is 10.6 Å². The Balaban J connectivity index is 1.90. The molecule has 0 saturated heterocycles. The molecule has 154 valence electrons. The van der Waals surface area contributed by atoms with Gasteiger partial charge in [-0.3, -0.25) is 9.67 Å². The highest BCUT2D eigenvalue weighted by Gasteiger charge is 2.20. The molecule has 0 aliphatic rings. The van der Waals surface area contributed by atoms with E-state index in [2.05, 4.69) is 65.8 Å². The number of halogens is 1. The Hall–Kier alpha value is -2.05. The molecule has 2 N–H and O–H groups in total. The Morgan fingerprint density at radius 2 is 2.07 bits per heavy atom. The number of aromatic nitrogens is 2. The quantitative estimate of drug-likeness (QED) is 0.524. The van der Waals surface area contributed by atoms with Gasteiger partial charge in [0.2, 0.25) is 0 Å². The molecule has 28 heavy (non-hydrogen) atoms. The number of hydrogen-bond acceptors (Lipinski definition) is 3. The summed E-state index contributed by atoms with van der Waals surface area (Å²) >= 11 is 6.12. The van der Waals surface area contributed by atoms with Crippen LogP contribution in [0.1, 0.15) is 31.0 Å². The number of guanidine groups is 1. The van der Waals surface area contributed by atoms with Gasteiger partial charge in [-0.25, -0.2) is 0 Å². The van der Waals surface area contributed by atoms with Crippen LogP contribution in [0.25, 0.3) is 0 Å². The topological polar surface area (TPSA) is 57.5 Å². The molecular weight excluding hydrogens is 372 g/mol. The Bertz CT molecular complexity index is 781. The predicted octanol–water partition coefficient (Wildman–Crippen LogP) is 3.11. The highest BCUT2D eigenvalue weighted by atomic mass is 35.5. The lowest BCUT2D eigenvalue weighted by Crippen LogP contribution is -2.45. The zero-order valence-corrected chi connectivity index (χ0v) is 18.6. The highest BCUT2D eigenvalue weighted by Crippen LogP contribution is 2.23. The minimum atomic E-state index is 0.0621. The number of benzene rings is 1. The first-order valence-electron chi connectivity index (χ1n) is 9.54. The standard InChI is InChI=1S/C21H33ClN6/c1-21(2,11-16-8-7-9-18(22)10-16)15-25-20(23-3)24-13-19(27(4)5)17-12-26-28(6)14-17/h7-10,12,14,19H,11,13,15H2,1-6H3,(H2,23,24,25). The molecule has 0 radical (unpaired) electrons. The van der Waals surface area contributed by atoms with Gasteiger partial charge in [-0.1, -0.05) is 37.6 Å². The van der Waals surface area contributed by atoms with Crippen LogP contribution in [0.15, 0.2) is 41.7 Å². The van der Waals surface area contributed by atoms with Crippen molar-refractivity contribution < 1.29 is 0 Å². The van der Waals surface area contributed by atoms with E-state index < -0.39 is 0 Å². The molecule has 2 aromatic rings. The monoisotopic (exact) mass is 404 g/mol. The number of nitrogens with zero attached hydrogens (tertiary/aromatic N) is 4. The van der Waals surface area contributed by atoms with Gasteiger partial charge in [-0.2, -0.15) is 5.10 Å². The molecule has 0 aliphatic heterocycles. The normalized spacial score (nSPS) is 13.6. The summed E-state index contributed by atoms with van der Waals surface area (Å²) < 4.78 is 1.83. The van der Waals surface area contributed by atoms with Crippen molar-refractivity contribution in [3.8, 4) is 0 Å². The van der Waals surface area contributed by atoms with Crippen LogP contribution in [-0.2, 0) is 13.5 Å². The second-order valence-corrected chi connectivity index (χ2v) is 8.64. The van der Waals surface area contributed by atoms with Crippen molar-refractivity contribution in [1.82, 2.24) is 25.3 Å². The smallest absolute Gasteiger partial charge is 0.191 e. The second-order valence-electron chi connectivity index (χ2n) is 8.20. The minimum Gasteiger partial charge on any atom is -0.356 e. The van der Waals surface area contributed by atoms with Gasteiger partial charge in [-0.05, 0) is 43.6 Å². The average Bonchev–Trinajstić information content (AvgIpc) is 3.03. The third kappa shape index (κ3) is 6.84. The van der Waals surface area contributed by atoms with Crippen molar-refractivity contribution in [2.45, 2.75) is 26.3 Å². The molecule has 1 atom stereocenters. The molecule has 6 nitrogen and oxygen atoms in total. The van der Waals surface area contributed by atoms with E-state index in [0.717, 1.165) is 30.5 Å². The van der Waals surface area contributed by atoms with Crippen LogP contribution >= 0.6 is 11.6 Å². The SMILES string of the molecule is CN=C(NCC(c1cnn(C)c1)N(C)C)NCC(C)(C)Cc1cccc(Cl)c1. The maximum atomic E-state index is 6.12. The molecule has 7 heteroatoms. The fraction of sp³-hybridized carbons (Fsp3) is 0.524. The van der Waals surface area contributed by atoms with Crippen LogP contribution in [0.3, 0.4) is 0 Å². The van der Waals surface area contributed by atoms with Crippen LogP contribution in [0, 0.1) is 5.41 Å². The van der Waals surface area contributed by atoms with Crippen LogP contribution in [0.2, 0.25) is 5.02 Å². The Labute approximate surface area is 174 Å². The molecular formula is C21H33ClN6. The van der Waals surface area contributed by atoms with Crippen molar-refractivity contribution in [1.29, 1.82) is 0 Å². The fourth-order valence-electron chi connectivity index (χ4n) is 3.21. The Morgan fingerprint density at radius 3 is 2.64 bits per heavy atom. The number of likely N-dealkylation sites (N-methyl/N-ethyl adjacent to an activating group) is 1. The first-order chi connectivity index (χ1) is 13.2. The summed E-state index contributed by atoms with van der Waals surface area (Å²) in [5.74, 6) is 0.801. The molecule has 1 aromatic heterocycles. The van der Waals surface area contributed by atoms with E-state index in [4.69, 9.17) is 11.6 Å². The van der Waals surface area contributed by atoms with Gasteiger partial charge in [0.15, 0.2) is 5.96 Å². The van der Waals surface area contributed by atoms with Crippen LogP contribution in [0.5, 0.6) is 0 Å². The molecule has 0 fully saturated rings. The van der Waals surface area contributed by atoms with Crippen molar-refractivity contribution in [2.75, 3.05) is 34.2 Å². The third-order valence-corrected chi connectivity index (χ3v) is 4.96. The second kappa shape index (κ2) is 9.94. The number of hydrogen-bond donors (Lipinski definition) is 2. The third-order valence-electron chi connectivity index (χ3n) is 4.73. The number of aliphatic imine (C=N–C) groups is 1. The van der Waals surface area contributed by atoms with Crippen LogP contribution in [-0.4, -0.2) is 54.9 Å². The number of rotatable bonds is 8. The Morgan fingerprint density at radius 1 is 1.32 bits per heavy atom. The first kappa shape index (κ1) is 22.2. The zero-order valence-electron chi connectivity index (χ0n) is 17.8. The lowest BCUT2D eigenvalue weighted by atomic mass is 9.86. The molecule has 0 amide bonds. The molecule has 1 aromatic carbocycles. The molecule has 0 aliphatic carbocycles. The van der Waals surface area contributed by atoms with E-state index >= 15 is 0 Å². The molecule has 1 heterocycles. The summed E-state index contributed by atoms with van der Waals surface area (Å²) in [6.45, 7) is 6.03. The minimum absolute atomic E-state index is 0.0621. The molecule has 2 rings (SSSR count). The number of aryl methyl sites for hydroxylation is 1. The lowest BCUT2D eigenvalue weighted by molar-refractivity contribution is 0.297. The van der Waals surface area contributed by atoms with Gasteiger partial charge in [0, 0.05) is 44.0 Å². The molecule has 0 saturated carbocycles. The summed E-state index contributed by atoms with van der Waals surface area (Å²) in [4.78, 5) is 6.56. The van der Waals surface area contributed by atoms with Gasteiger partial charge >= 0.3 is 0 Å². The average molecular weight is 405 g/mol. The number of nitrogens with one attached hydrogen (secondary N) is 2. The molecule has 0 bridgehead atoms. The summed E-state index contributed by atoms with van der Waals surface area (Å²) in [5, 5.41) is 12.0. The lowest BCUT2D eigenvalue weighted by Gasteiger charge is -2.28. The van der Waals surface area contributed by atoms with Crippen molar-refractivity contribution >= 4 is 17.6 Å². The summed E-state index contributed by atoms with van der Waals surface area (Å²) in [7, 11) is 7.88. The maximum Gasteiger partial charge on any atom is 0.191 e. The summed E-state index contributed by atoms with van der Waals surface area (Å²) in [6, 6.07) is 8.28. The van der Waals surface area contributed by atoms with E-state index in [1.807, 2.05) is 36.1 Å². The van der Waals surface area contributed by atoms with E-state index in [0.29, 0.717) is 0 Å². The van der Waals surface area contributed by atoms with Crippen LogP contribution in [0.4, 0.5) is 0 Å². The van der Waals surface area contributed by atoms with Crippen molar-refractivity contribution in [2.24, 2.45) is 17.5 Å². The van der Waals surface area contributed by atoms with E-state index in [1.165, 1.54) is 11.1 Å². The largest absolute Gasteiger partial charge is 0.356 e. The van der Waals surface area contributed by atoms with E-state index in [-0.39, 0.29) is 11.5 Å². The van der Waals surface area contributed by atoms with E-state index in [1.54, 1.807) is 7.05 Å². The van der Waals surface area contributed by atoms with Gasteiger partial charge in [0.05, 0.1) is 12.2 Å². The van der Waals surface area contributed by atoms with Crippen molar-refractivity contribution in [3.63, 3.8) is 0 Å². The van der Waals surface area contributed by atoms with Gasteiger partial charge < -0.3 is 15.5 Å². The van der Waals surface area contributed by atoms with E-state index in [9.17, 15) is 0 Å². The maximum absolute atomic E-state index is 6.12. The Kier molecular flexibility index (Phi) is 7.89. The highest BCUT2D eigenvalue weighted by molar-refractivity contribution is 6.30. The zero-order chi connectivity index (χ0) is 20.7. The predicted molar refractivity (Wildman–Crippen MR) is 118 cm³/mol. The van der Waals surface area contributed by atoms with Gasteiger partial charge in [0.1, 0.15) is 0 Å².